The van der Waals surface area contributed by atoms with Crippen LogP contribution in [0, 0.1) is 13.8 Å². The van der Waals surface area contributed by atoms with Crippen molar-refractivity contribution >= 4 is 11.5 Å². The van der Waals surface area contributed by atoms with Crippen molar-refractivity contribution < 1.29 is 5.21 Å². The second-order valence-corrected chi connectivity index (χ2v) is 3.89. The van der Waals surface area contributed by atoms with Crippen LogP contribution >= 0.6 is 0 Å². The SMILES string of the molecule is Cc1cccc(N=C(NO)c2ccncn2)c1C. The summed E-state index contributed by atoms with van der Waals surface area (Å²) in [5, 5.41) is 9.16. The number of aromatic nitrogens is 2. The molecular formula is C13H14N4O. The summed E-state index contributed by atoms with van der Waals surface area (Å²) in [6, 6.07) is 7.51. The number of rotatable bonds is 2. The highest BCUT2D eigenvalue weighted by molar-refractivity contribution is 5.97. The zero-order chi connectivity index (χ0) is 13.0. The Bertz CT molecular complexity index is 566. The highest BCUT2D eigenvalue weighted by Crippen LogP contribution is 2.21. The van der Waals surface area contributed by atoms with E-state index in [-0.39, 0.29) is 0 Å². The van der Waals surface area contributed by atoms with Gasteiger partial charge in [0.25, 0.3) is 0 Å². The van der Waals surface area contributed by atoms with Crippen molar-refractivity contribution in [3.05, 3.63) is 53.6 Å². The lowest BCUT2D eigenvalue weighted by atomic mass is 10.1. The zero-order valence-electron chi connectivity index (χ0n) is 10.3. The third kappa shape index (κ3) is 2.52. The number of hydroxylamine groups is 1. The van der Waals surface area contributed by atoms with Crippen molar-refractivity contribution in [2.75, 3.05) is 0 Å². The van der Waals surface area contributed by atoms with Gasteiger partial charge in [0.05, 0.1) is 5.69 Å². The maximum absolute atomic E-state index is 9.16. The number of nitrogens with one attached hydrogen (secondary N) is 1. The summed E-state index contributed by atoms with van der Waals surface area (Å²) >= 11 is 0. The molecule has 0 saturated carbocycles. The van der Waals surface area contributed by atoms with Gasteiger partial charge in [-0.3, -0.25) is 10.7 Å². The predicted octanol–water partition coefficient (Wildman–Crippen LogP) is 2.15. The second kappa shape index (κ2) is 5.37. The molecule has 0 bridgehead atoms. The third-order valence-electron chi connectivity index (χ3n) is 2.74. The van der Waals surface area contributed by atoms with Gasteiger partial charge >= 0.3 is 0 Å². The quantitative estimate of drug-likeness (QED) is 0.481. The summed E-state index contributed by atoms with van der Waals surface area (Å²) in [5.41, 5.74) is 5.62. The van der Waals surface area contributed by atoms with E-state index < -0.39 is 0 Å². The van der Waals surface area contributed by atoms with Crippen LogP contribution in [0.5, 0.6) is 0 Å². The molecule has 5 heteroatoms. The average molecular weight is 242 g/mol. The first kappa shape index (κ1) is 12.2. The van der Waals surface area contributed by atoms with E-state index in [4.69, 9.17) is 5.21 Å². The van der Waals surface area contributed by atoms with Gasteiger partial charge in [0, 0.05) is 6.20 Å². The molecule has 0 spiro atoms. The van der Waals surface area contributed by atoms with E-state index >= 15 is 0 Å². The van der Waals surface area contributed by atoms with Crippen molar-refractivity contribution in [3.8, 4) is 0 Å². The number of amidine groups is 1. The van der Waals surface area contributed by atoms with E-state index in [0.717, 1.165) is 16.8 Å². The van der Waals surface area contributed by atoms with Crippen molar-refractivity contribution in [2.45, 2.75) is 13.8 Å². The van der Waals surface area contributed by atoms with Gasteiger partial charge in [0.2, 0.25) is 0 Å². The molecule has 0 aliphatic heterocycles. The van der Waals surface area contributed by atoms with Crippen molar-refractivity contribution in [1.82, 2.24) is 15.4 Å². The Morgan fingerprint density at radius 1 is 1.28 bits per heavy atom. The Morgan fingerprint density at radius 3 is 2.78 bits per heavy atom. The molecule has 18 heavy (non-hydrogen) atoms. The van der Waals surface area contributed by atoms with Crippen LogP contribution in [0.2, 0.25) is 0 Å². The molecule has 0 saturated heterocycles. The third-order valence-corrected chi connectivity index (χ3v) is 2.74. The van der Waals surface area contributed by atoms with E-state index in [9.17, 15) is 0 Å². The number of aliphatic imine (C=N–C) groups is 1. The largest absolute Gasteiger partial charge is 0.290 e. The van der Waals surface area contributed by atoms with Gasteiger partial charge in [-0.05, 0) is 37.1 Å². The minimum atomic E-state index is 0.297. The molecule has 2 aromatic rings. The average Bonchev–Trinajstić information content (AvgIpc) is 2.41. The maximum Gasteiger partial charge on any atom is 0.176 e. The first-order chi connectivity index (χ1) is 8.72. The summed E-state index contributed by atoms with van der Waals surface area (Å²) < 4.78 is 0. The highest BCUT2D eigenvalue weighted by atomic mass is 16.5. The Balaban J connectivity index is 2.45. The summed E-state index contributed by atoms with van der Waals surface area (Å²) in [7, 11) is 0. The van der Waals surface area contributed by atoms with Crippen molar-refractivity contribution in [2.24, 2.45) is 4.99 Å². The fraction of sp³-hybridized carbons (Fsp3) is 0.154. The summed E-state index contributed by atoms with van der Waals surface area (Å²) in [6.45, 7) is 4.01. The zero-order valence-corrected chi connectivity index (χ0v) is 10.3. The molecule has 0 amide bonds. The smallest absolute Gasteiger partial charge is 0.176 e. The molecule has 0 aliphatic rings. The van der Waals surface area contributed by atoms with Gasteiger partial charge in [-0.1, -0.05) is 12.1 Å². The van der Waals surface area contributed by atoms with E-state index in [2.05, 4.69) is 20.4 Å². The van der Waals surface area contributed by atoms with Gasteiger partial charge in [-0.15, -0.1) is 0 Å². The van der Waals surface area contributed by atoms with E-state index in [1.54, 1.807) is 12.3 Å². The van der Waals surface area contributed by atoms with Crippen LogP contribution in [0.4, 0.5) is 5.69 Å². The minimum absolute atomic E-state index is 0.297. The summed E-state index contributed by atoms with van der Waals surface area (Å²) in [5.74, 6) is 0.297. The fourth-order valence-electron chi connectivity index (χ4n) is 1.55. The number of benzene rings is 1. The van der Waals surface area contributed by atoms with Crippen LogP contribution in [0.25, 0.3) is 0 Å². The van der Waals surface area contributed by atoms with Crippen LogP contribution < -0.4 is 5.48 Å². The molecule has 92 valence electrons. The molecule has 0 fully saturated rings. The molecule has 0 unspecified atom stereocenters. The van der Waals surface area contributed by atoms with Crippen molar-refractivity contribution in [3.63, 3.8) is 0 Å². The summed E-state index contributed by atoms with van der Waals surface area (Å²) in [4.78, 5) is 12.2. The highest BCUT2D eigenvalue weighted by Gasteiger charge is 2.05. The summed E-state index contributed by atoms with van der Waals surface area (Å²) in [6.07, 6.45) is 3.00. The monoisotopic (exact) mass is 242 g/mol. The van der Waals surface area contributed by atoms with Crippen molar-refractivity contribution in [1.29, 1.82) is 0 Å². The molecule has 1 aromatic heterocycles. The van der Waals surface area contributed by atoms with E-state index in [1.807, 2.05) is 32.0 Å². The van der Waals surface area contributed by atoms with Crippen LogP contribution in [-0.4, -0.2) is 21.0 Å². The van der Waals surface area contributed by atoms with E-state index in [1.165, 1.54) is 6.33 Å². The number of nitrogens with zero attached hydrogens (tertiary/aromatic N) is 3. The van der Waals surface area contributed by atoms with Gasteiger partial charge < -0.3 is 0 Å². The van der Waals surface area contributed by atoms with Gasteiger partial charge in [0.1, 0.15) is 12.0 Å². The molecule has 0 radical (unpaired) electrons. The molecular weight excluding hydrogens is 228 g/mol. The molecule has 1 heterocycles. The lowest BCUT2D eigenvalue weighted by Crippen LogP contribution is -2.21. The van der Waals surface area contributed by atoms with Gasteiger partial charge in [0.15, 0.2) is 5.84 Å². The lowest BCUT2D eigenvalue weighted by molar-refractivity contribution is 0.235. The van der Waals surface area contributed by atoms with Crippen LogP contribution in [-0.2, 0) is 0 Å². The molecule has 1 aromatic carbocycles. The number of hydrogen-bond donors (Lipinski definition) is 2. The Kier molecular flexibility index (Phi) is 3.64. The molecule has 0 aliphatic carbocycles. The lowest BCUT2D eigenvalue weighted by Gasteiger charge is -2.07. The standard InChI is InChI=1S/C13H14N4O/c1-9-4-3-5-11(10(9)2)16-13(17-18)12-6-7-14-8-15-12/h3-8,18H,1-2H3,(H,16,17). The van der Waals surface area contributed by atoms with Crippen LogP contribution in [0.15, 0.2) is 41.8 Å². The van der Waals surface area contributed by atoms with E-state index in [0.29, 0.717) is 11.5 Å². The van der Waals surface area contributed by atoms with Crippen LogP contribution in [0.3, 0.4) is 0 Å². The Hall–Kier alpha value is -2.27. The van der Waals surface area contributed by atoms with Gasteiger partial charge in [-0.25, -0.2) is 15.0 Å². The van der Waals surface area contributed by atoms with Gasteiger partial charge in [-0.2, -0.15) is 0 Å². The molecule has 5 nitrogen and oxygen atoms in total. The van der Waals surface area contributed by atoms with Crippen LogP contribution in [0.1, 0.15) is 16.8 Å². The fourth-order valence-corrected chi connectivity index (χ4v) is 1.55. The number of hydrogen-bond acceptors (Lipinski definition) is 4. The molecule has 2 rings (SSSR count). The first-order valence-electron chi connectivity index (χ1n) is 5.54. The second-order valence-electron chi connectivity index (χ2n) is 3.89. The first-order valence-corrected chi connectivity index (χ1v) is 5.54. The number of aryl methyl sites for hydroxylation is 1. The maximum atomic E-state index is 9.16. The Labute approximate surface area is 105 Å². The predicted molar refractivity (Wildman–Crippen MR) is 69.1 cm³/mol. The molecule has 2 N–H and O–H groups in total. The topological polar surface area (TPSA) is 70.4 Å². The minimum Gasteiger partial charge on any atom is -0.290 e. The molecule has 0 atom stereocenters. The normalized spacial score (nSPS) is 11.4. The Morgan fingerprint density at radius 2 is 2.11 bits per heavy atom.